The number of nitrogens with zero attached hydrogens (tertiary/aromatic N) is 1. The highest BCUT2D eigenvalue weighted by atomic mass is 32.2. The SMILES string of the molecule is CCc1ccc(/C=C2/Sc3ccccc3N(CC(=O)N[C@@H]3CCCC[C@H]3C)C2=O)cc1. The summed E-state index contributed by atoms with van der Waals surface area (Å²) in [5.74, 6) is 0.287. The van der Waals surface area contributed by atoms with E-state index in [1.54, 1.807) is 4.90 Å². The van der Waals surface area contributed by atoms with Gasteiger partial charge in [-0.2, -0.15) is 0 Å². The van der Waals surface area contributed by atoms with Gasteiger partial charge in [-0.1, -0.05) is 74.8 Å². The first-order valence-electron chi connectivity index (χ1n) is 11.2. The first-order chi connectivity index (χ1) is 15.0. The van der Waals surface area contributed by atoms with Crippen LogP contribution in [0.3, 0.4) is 0 Å². The van der Waals surface area contributed by atoms with Crippen LogP contribution in [0.5, 0.6) is 0 Å². The molecule has 162 valence electrons. The van der Waals surface area contributed by atoms with Crippen LogP contribution in [0.2, 0.25) is 0 Å². The Bertz CT molecular complexity index is 983. The van der Waals surface area contributed by atoms with Gasteiger partial charge < -0.3 is 5.32 Å². The van der Waals surface area contributed by atoms with Gasteiger partial charge in [-0.3, -0.25) is 14.5 Å². The van der Waals surface area contributed by atoms with Gasteiger partial charge in [0.25, 0.3) is 5.91 Å². The molecule has 2 atom stereocenters. The minimum Gasteiger partial charge on any atom is -0.352 e. The van der Waals surface area contributed by atoms with Crippen LogP contribution >= 0.6 is 11.8 Å². The highest BCUT2D eigenvalue weighted by molar-refractivity contribution is 8.04. The molecule has 2 amide bonds. The van der Waals surface area contributed by atoms with E-state index >= 15 is 0 Å². The van der Waals surface area contributed by atoms with E-state index in [4.69, 9.17) is 0 Å². The summed E-state index contributed by atoms with van der Waals surface area (Å²) in [6.45, 7) is 4.38. The van der Waals surface area contributed by atoms with E-state index in [-0.39, 0.29) is 24.4 Å². The molecule has 1 aliphatic heterocycles. The van der Waals surface area contributed by atoms with Crippen LogP contribution in [0.4, 0.5) is 5.69 Å². The standard InChI is InChI=1S/C26H30N2O2S/c1-3-19-12-14-20(15-13-19)16-24-26(30)28(22-10-6-7-11-23(22)31-24)17-25(29)27-21-9-5-4-8-18(21)2/h6-7,10-16,18,21H,3-5,8-9,17H2,1-2H3,(H,27,29)/b24-16+/t18-,21-/m1/s1. The van der Waals surface area contributed by atoms with Crippen molar-refractivity contribution >= 4 is 35.3 Å². The molecule has 5 heteroatoms. The Kier molecular flexibility index (Phi) is 6.81. The quantitative estimate of drug-likeness (QED) is 0.639. The van der Waals surface area contributed by atoms with Crippen molar-refractivity contribution in [1.82, 2.24) is 5.32 Å². The summed E-state index contributed by atoms with van der Waals surface area (Å²) in [5, 5.41) is 3.19. The van der Waals surface area contributed by atoms with Crippen molar-refractivity contribution in [3.05, 3.63) is 64.6 Å². The highest BCUT2D eigenvalue weighted by Crippen LogP contribution is 2.42. The number of carbonyl (C=O) groups is 2. The number of benzene rings is 2. The fourth-order valence-electron chi connectivity index (χ4n) is 4.35. The smallest absolute Gasteiger partial charge is 0.265 e. The van der Waals surface area contributed by atoms with Crippen molar-refractivity contribution in [3.63, 3.8) is 0 Å². The van der Waals surface area contributed by atoms with Gasteiger partial charge in [0.1, 0.15) is 6.54 Å². The third-order valence-electron chi connectivity index (χ3n) is 6.28. The molecular weight excluding hydrogens is 404 g/mol. The molecule has 4 rings (SSSR count). The van der Waals surface area contributed by atoms with Crippen LogP contribution < -0.4 is 10.2 Å². The lowest BCUT2D eigenvalue weighted by Gasteiger charge is -2.32. The minimum absolute atomic E-state index is 0.0474. The second-order valence-electron chi connectivity index (χ2n) is 8.50. The molecule has 0 unspecified atom stereocenters. The van der Waals surface area contributed by atoms with Gasteiger partial charge in [-0.05, 0) is 54.5 Å². The van der Waals surface area contributed by atoms with Crippen LogP contribution in [0.15, 0.2) is 58.3 Å². The summed E-state index contributed by atoms with van der Waals surface area (Å²) in [5.41, 5.74) is 3.07. The van der Waals surface area contributed by atoms with Gasteiger partial charge in [0.05, 0.1) is 10.6 Å². The fourth-order valence-corrected chi connectivity index (χ4v) is 5.41. The number of hydrogen-bond donors (Lipinski definition) is 1. The number of amides is 2. The van der Waals surface area contributed by atoms with Crippen molar-refractivity contribution in [2.75, 3.05) is 11.4 Å². The Morgan fingerprint density at radius 2 is 1.87 bits per heavy atom. The molecule has 2 aliphatic rings. The van der Waals surface area contributed by atoms with Crippen molar-refractivity contribution in [3.8, 4) is 0 Å². The van der Waals surface area contributed by atoms with E-state index in [0.29, 0.717) is 10.8 Å². The molecule has 0 radical (unpaired) electrons. The lowest BCUT2D eigenvalue weighted by molar-refractivity contribution is -0.123. The minimum atomic E-state index is -0.116. The van der Waals surface area contributed by atoms with Crippen LogP contribution in [0.1, 0.15) is 50.7 Å². The molecule has 2 aromatic rings. The molecule has 31 heavy (non-hydrogen) atoms. The Labute approximate surface area is 189 Å². The normalized spacial score (nSPS) is 22.3. The van der Waals surface area contributed by atoms with Gasteiger partial charge in [-0.15, -0.1) is 0 Å². The van der Waals surface area contributed by atoms with E-state index in [9.17, 15) is 9.59 Å². The highest BCUT2D eigenvalue weighted by Gasteiger charge is 2.31. The number of thioether (sulfide) groups is 1. The maximum absolute atomic E-state index is 13.4. The molecule has 4 nitrogen and oxygen atoms in total. The summed E-state index contributed by atoms with van der Waals surface area (Å²) in [7, 11) is 0. The molecule has 0 spiro atoms. The monoisotopic (exact) mass is 434 g/mol. The van der Waals surface area contributed by atoms with E-state index in [1.165, 1.54) is 23.7 Å². The number of carbonyl (C=O) groups excluding carboxylic acids is 2. The topological polar surface area (TPSA) is 49.4 Å². The Hall–Kier alpha value is -2.53. The van der Waals surface area contributed by atoms with E-state index in [2.05, 4.69) is 31.3 Å². The summed E-state index contributed by atoms with van der Waals surface area (Å²) in [6, 6.07) is 16.3. The number of nitrogens with one attached hydrogen (secondary N) is 1. The summed E-state index contributed by atoms with van der Waals surface area (Å²) >= 11 is 1.47. The first-order valence-corrected chi connectivity index (χ1v) is 12.1. The lowest BCUT2D eigenvalue weighted by atomic mass is 9.86. The molecule has 1 saturated carbocycles. The maximum atomic E-state index is 13.4. The van der Waals surface area contributed by atoms with Crippen molar-refractivity contribution in [2.45, 2.75) is 56.9 Å². The molecule has 0 saturated heterocycles. The molecule has 1 aliphatic carbocycles. The van der Waals surface area contributed by atoms with E-state index < -0.39 is 0 Å². The van der Waals surface area contributed by atoms with Crippen LogP contribution in [-0.2, 0) is 16.0 Å². The second kappa shape index (κ2) is 9.73. The number of aryl methyl sites for hydroxylation is 1. The summed E-state index contributed by atoms with van der Waals surface area (Å²) < 4.78 is 0. The number of hydrogen-bond acceptors (Lipinski definition) is 3. The largest absolute Gasteiger partial charge is 0.352 e. The summed E-state index contributed by atoms with van der Waals surface area (Å²) in [6.07, 6.45) is 7.47. The predicted molar refractivity (Wildman–Crippen MR) is 128 cm³/mol. The third-order valence-corrected chi connectivity index (χ3v) is 7.35. The predicted octanol–water partition coefficient (Wildman–Crippen LogP) is 5.42. The molecule has 2 aromatic carbocycles. The average Bonchev–Trinajstić information content (AvgIpc) is 2.78. The van der Waals surface area contributed by atoms with Crippen molar-refractivity contribution < 1.29 is 9.59 Å². The Balaban J connectivity index is 1.56. The van der Waals surface area contributed by atoms with Crippen molar-refractivity contribution in [2.24, 2.45) is 5.92 Å². The molecule has 0 bridgehead atoms. The average molecular weight is 435 g/mol. The number of anilines is 1. The van der Waals surface area contributed by atoms with E-state index in [1.807, 2.05) is 42.5 Å². The van der Waals surface area contributed by atoms with Gasteiger partial charge >= 0.3 is 0 Å². The fraction of sp³-hybridized carbons (Fsp3) is 0.385. The van der Waals surface area contributed by atoms with E-state index in [0.717, 1.165) is 41.8 Å². The lowest BCUT2D eigenvalue weighted by Crippen LogP contribution is -2.48. The third kappa shape index (κ3) is 5.04. The Morgan fingerprint density at radius 1 is 1.13 bits per heavy atom. The number of para-hydroxylation sites is 1. The molecule has 1 heterocycles. The zero-order chi connectivity index (χ0) is 21.8. The second-order valence-corrected chi connectivity index (χ2v) is 9.58. The maximum Gasteiger partial charge on any atom is 0.265 e. The van der Waals surface area contributed by atoms with Gasteiger partial charge in [0.2, 0.25) is 5.91 Å². The van der Waals surface area contributed by atoms with Gasteiger partial charge in [0, 0.05) is 10.9 Å². The molecule has 0 aromatic heterocycles. The van der Waals surface area contributed by atoms with Gasteiger partial charge in [-0.25, -0.2) is 0 Å². The Morgan fingerprint density at radius 3 is 2.61 bits per heavy atom. The number of rotatable bonds is 5. The first kappa shape index (κ1) is 21.7. The number of fused-ring (bicyclic) bond motifs is 1. The zero-order valence-electron chi connectivity index (χ0n) is 18.3. The summed E-state index contributed by atoms with van der Waals surface area (Å²) in [4.78, 5) is 29.5. The molecule has 1 fully saturated rings. The zero-order valence-corrected chi connectivity index (χ0v) is 19.1. The van der Waals surface area contributed by atoms with Crippen LogP contribution in [0, 0.1) is 5.92 Å². The molecular formula is C26H30N2O2S. The molecule has 1 N–H and O–H groups in total. The van der Waals surface area contributed by atoms with Crippen molar-refractivity contribution in [1.29, 1.82) is 0 Å². The van der Waals surface area contributed by atoms with Gasteiger partial charge in [0.15, 0.2) is 0 Å². The van der Waals surface area contributed by atoms with Crippen LogP contribution in [0.25, 0.3) is 6.08 Å². The van der Waals surface area contributed by atoms with Crippen LogP contribution in [-0.4, -0.2) is 24.4 Å².